The van der Waals surface area contributed by atoms with E-state index in [9.17, 15) is 23.1 Å². The average Bonchev–Trinajstić information content (AvgIpc) is 3.05. The fourth-order valence-corrected chi connectivity index (χ4v) is 4.33. The van der Waals surface area contributed by atoms with E-state index in [2.05, 4.69) is 9.97 Å². The molecule has 0 bridgehead atoms. The Kier molecular flexibility index (Phi) is 4.32. The summed E-state index contributed by atoms with van der Waals surface area (Å²) in [6, 6.07) is -0.380. The van der Waals surface area contributed by atoms with E-state index >= 15 is 0 Å². The fourth-order valence-electron chi connectivity index (χ4n) is 4.33. The van der Waals surface area contributed by atoms with E-state index in [1.807, 2.05) is 0 Å². The number of carboxylic acid groups (broad SMARTS) is 1. The van der Waals surface area contributed by atoms with Gasteiger partial charge in [0.2, 0.25) is 5.95 Å². The van der Waals surface area contributed by atoms with Crippen molar-refractivity contribution in [1.29, 1.82) is 0 Å². The Morgan fingerprint density at radius 2 is 1.89 bits per heavy atom. The van der Waals surface area contributed by atoms with Gasteiger partial charge >= 0.3 is 12.1 Å². The molecule has 28 heavy (non-hydrogen) atoms. The number of aliphatic carboxylic acids is 1. The van der Waals surface area contributed by atoms with Crippen LogP contribution in [0, 0.1) is 17.8 Å². The summed E-state index contributed by atoms with van der Waals surface area (Å²) in [5.74, 6) is -0.984. The number of anilines is 2. The maximum absolute atomic E-state index is 13.6. The van der Waals surface area contributed by atoms with Crippen LogP contribution in [0.5, 0.6) is 5.75 Å². The number of hydrogen-bond acceptors (Lipinski definition) is 7. The van der Waals surface area contributed by atoms with Crippen molar-refractivity contribution in [2.45, 2.75) is 31.7 Å². The molecule has 3 fully saturated rings. The zero-order chi connectivity index (χ0) is 20.4. The van der Waals surface area contributed by atoms with Crippen LogP contribution in [0.4, 0.5) is 24.9 Å². The number of ether oxygens (including phenoxy) is 1. The highest BCUT2D eigenvalue weighted by Gasteiger charge is 2.57. The van der Waals surface area contributed by atoms with Gasteiger partial charge in [-0.05, 0) is 24.7 Å². The topological polar surface area (TPSA) is 99.0 Å². The largest absolute Gasteiger partial charge is 0.491 e. The summed E-state index contributed by atoms with van der Waals surface area (Å²) in [5, 5.41) is 18.6. The smallest absolute Gasteiger partial charge is 0.437 e. The monoisotopic (exact) mass is 402 g/mol. The third kappa shape index (κ3) is 3.01. The first-order chi connectivity index (χ1) is 13.1. The molecule has 1 aromatic rings. The van der Waals surface area contributed by atoms with Crippen LogP contribution < -0.4 is 14.5 Å². The summed E-state index contributed by atoms with van der Waals surface area (Å²) in [6.45, 7) is 2.72. The van der Waals surface area contributed by atoms with Gasteiger partial charge in [-0.1, -0.05) is 0 Å². The molecule has 0 amide bonds. The van der Waals surface area contributed by atoms with Gasteiger partial charge in [0.25, 0.3) is 0 Å². The number of nitrogens with zero attached hydrogens (tertiary/aromatic N) is 4. The number of carbonyl (C=O) groups is 1. The molecule has 4 rings (SSSR count). The number of hydrogen-bond donors (Lipinski definition) is 2. The Balaban J connectivity index is 1.66. The van der Waals surface area contributed by atoms with E-state index in [4.69, 9.17) is 9.84 Å². The summed E-state index contributed by atoms with van der Waals surface area (Å²) in [4.78, 5) is 22.2. The van der Waals surface area contributed by atoms with Crippen LogP contribution in [0.15, 0.2) is 0 Å². The van der Waals surface area contributed by atoms with E-state index in [0.29, 0.717) is 13.1 Å². The lowest BCUT2D eigenvalue weighted by Crippen LogP contribution is -2.59. The molecule has 3 aliphatic rings. The summed E-state index contributed by atoms with van der Waals surface area (Å²) >= 11 is 0. The second-order valence-corrected chi connectivity index (χ2v) is 7.68. The van der Waals surface area contributed by atoms with E-state index < -0.39 is 29.7 Å². The normalized spacial score (nSPS) is 31.4. The van der Waals surface area contributed by atoms with Gasteiger partial charge in [-0.3, -0.25) is 4.79 Å². The van der Waals surface area contributed by atoms with Gasteiger partial charge in [-0.15, -0.1) is 0 Å². The Hall–Kier alpha value is -2.30. The Morgan fingerprint density at radius 3 is 2.36 bits per heavy atom. The maximum atomic E-state index is 13.6. The first kappa shape index (κ1) is 19.0. The summed E-state index contributed by atoms with van der Waals surface area (Å²) in [6.07, 6.45) is -5.29. The van der Waals surface area contributed by atoms with Crippen molar-refractivity contribution in [3.8, 4) is 5.75 Å². The molecule has 11 heteroatoms. The van der Waals surface area contributed by atoms with Gasteiger partial charge in [0.1, 0.15) is 0 Å². The van der Waals surface area contributed by atoms with Crippen molar-refractivity contribution in [2.24, 2.45) is 17.8 Å². The predicted molar refractivity (Wildman–Crippen MR) is 91.3 cm³/mol. The van der Waals surface area contributed by atoms with Crippen molar-refractivity contribution in [1.82, 2.24) is 9.97 Å². The van der Waals surface area contributed by atoms with Gasteiger partial charge in [-0.25, -0.2) is 4.98 Å². The minimum absolute atomic E-state index is 0.0636. The Morgan fingerprint density at radius 1 is 1.25 bits per heavy atom. The Labute approximate surface area is 158 Å². The number of aliphatic hydroxyl groups excluding tert-OH is 1. The standard InChI is InChI=1S/C17H21F3N4O4/c1-7-11(25)6-24(7)16-21-14(17(18,19)20)13(28-2)15(22-16)23-4-9-8(3-12(26)27)10(9)5-23/h7-11,25H,3-6H2,1-2H3,(H,26,27)/t7-,8?,9-,10+,11+/m0/s1. The number of piperidine rings is 1. The first-order valence-electron chi connectivity index (χ1n) is 9.06. The van der Waals surface area contributed by atoms with Crippen LogP contribution in [0.1, 0.15) is 19.0 Å². The highest BCUT2D eigenvalue weighted by molar-refractivity contribution is 5.68. The molecule has 154 valence electrons. The number of carboxylic acids is 1. The molecule has 1 aromatic heterocycles. The molecule has 2 N–H and O–H groups in total. The molecule has 0 aromatic carbocycles. The molecule has 5 atom stereocenters. The molecule has 0 spiro atoms. The van der Waals surface area contributed by atoms with Crippen LogP contribution in [0.2, 0.25) is 0 Å². The quantitative estimate of drug-likeness (QED) is 0.759. The number of halogens is 3. The molecule has 2 saturated heterocycles. The Bertz CT molecular complexity index is 793. The number of methoxy groups -OCH3 is 1. The highest BCUT2D eigenvalue weighted by Crippen LogP contribution is 2.55. The molecule has 3 heterocycles. The van der Waals surface area contributed by atoms with Crippen LogP contribution in [0.3, 0.4) is 0 Å². The third-order valence-corrected chi connectivity index (χ3v) is 6.08. The van der Waals surface area contributed by atoms with E-state index in [1.54, 1.807) is 11.8 Å². The van der Waals surface area contributed by atoms with Crippen molar-refractivity contribution in [3.05, 3.63) is 5.69 Å². The number of aromatic nitrogens is 2. The van der Waals surface area contributed by atoms with Gasteiger partial charge < -0.3 is 24.7 Å². The van der Waals surface area contributed by atoms with Gasteiger partial charge in [0.05, 0.1) is 19.3 Å². The molecule has 1 unspecified atom stereocenters. The summed E-state index contributed by atoms with van der Waals surface area (Å²) in [5.41, 5.74) is -1.15. The molecule has 1 saturated carbocycles. The summed E-state index contributed by atoms with van der Waals surface area (Å²) in [7, 11) is 1.15. The second-order valence-electron chi connectivity index (χ2n) is 7.68. The van der Waals surface area contributed by atoms with E-state index in [0.717, 1.165) is 7.11 Å². The average molecular weight is 402 g/mol. The van der Waals surface area contributed by atoms with Crippen molar-refractivity contribution < 1.29 is 32.9 Å². The summed E-state index contributed by atoms with van der Waals surface area (Å²) < 4.78 is 45.9. The number of aliphatic hydroxyl groups is 1. The maximum Gasteiger partial charge on any atom is 0.437 e. The number of β-amino-alcohol motifs (C(OH)–C–C–N with tert-alkyl or cyclic N) is 1. The lowest BCUT2D eigenvalue weighted by atomic mass is 10.0. The van der Waals surface area contributed by atoms with Gasteiger partial charge in [0, 0.05) is 26.1 Å². The van der Waals surface area contributed by atoms with E-state index in [-0.39, 0.29) is 48.5 Å². The first-order valence-corrected chi connectivity index (χ1v) is 9.06. The highest BCUT2D eigenvalue weighted by atomic mass is 19.4. The van der Waals surface area contributed by atoms with Crippen LogP contribution in [-0.2, 0) is 11.0 Å². The van der Waals surface area contributed by atoms with Gasteiger partial charge in [0.15, 0.2) is 17.3 Å². The molecule has 1 aliphatic carbocycles. The number of rotatable bonds is 5. The minimum Gasteiger partial charge on any atom is -0.491 e. The number of alkyl halides is 3. The zero-order valence-electron chi connectivity index (χ0n) is 15.3. The molecular weight excluding hydrogens is 381 g/mol. The fraction of sp³-hybridized carbons (Fsp3) is 0.706. The zero-order valence-corrected chi connectivity index (χ0v) is 15.3. The van der Waals surface area contributed by atoms with E-state index in [1.165, 1.54) is 4.90 Å². The predicted octanol–water partition coefficient (Wildman–Crippen LogP) is 1.23. The minimum atomic E-state index is -4.72. The third-order valence-electron chi connectivity index (χ3n) is 6.08. The van der Waals surface area contributed by atoms with Crippen molar-refractivity contribution >= 4 is 17.7 Å². The second kappa shape index (κ2) is 6.36. The number of fused-ring (bicyclic) bond motifs is 1. The molecule has 2 aliphatic heterocycles. The van der Waals surface area contributed by atoms with Gasteiger partial charge in [-0.2, -0.15) is 18.2 Å². The SMILES string of the molecule is COc1c(N2C[C@@H]3C(CC(=O)O)[C@@H]3C2)nc(N2C[C@@H](O)[C@@H]2C)nc1C(F)(F)F. The van der Waals surface area contributed by atoms with Crippen LogP contribution in [0.25, 0.3) is 0 Å². The van der Waals surface area contributed by atoms with Crippen molar-refractivity contribution in [2.75, 3.05) is 36.5 Å². The molecule has 8 nitrogen and oxygen atoms in total. The van der Waals surface area contributed by atoms with Crippen LogP contribution in [-0.4, -0.2) is 65.0 Å². The molecular formula is C17H21F3N4O4. The lowest BCUT2D eigenvalue weighted by molar-refractivity contribution is -0.142. The van der Waals surface area contributed by atoms with Crippen molar-refractivity contribution in [3.63, 3.8) is 0 Å². The lowest BCUT2D eigenvalue weighted by Gasteiger charge is -2.43. The molecule has 0 radical (unpaired) electrons. The van der Waals surface area contributed by atoms with Crippen LogP contribution >= 0.6 is 0 Å².